The van der Waals surface area contributed by atoms with Gasteiger partial charge in [-0.25, -0.2) is 4.79 Å². The van der Waals surface area contributed by atoms with E-state index in [0.29, 0.717) is 62.7 Å². The first-order valence-corrected chi connectivity index (χ1v) is 14.9. The molecule has 1 aliphatic rings. The van der Waals surface area contributed by atoms with E-state index in [1.165, 1.54) is 17.1 Å². The molecule has 1 aliphatic heterocycles. The Morgan fingerprint density at radius 2 is 1.51 bits per heavy atom. The van der Waals surface area contributed by atoms with Gasteiger partial charge in [-0.2, -0.15) is 0 Å². The van der Waals surface area contributed by atoms with Crippen molar-refractivity contribution in [1.82, 2.24) is 15.5 Å². The van der Waals surface area contributed by atoms with Crippen molar-refractivity contribution in [2.24, 2.45) is 17.6 Å². The van der Waals surface area contributed by atoms with E-state index in [0.717, 1.165) is 6.42 Å². The van der Waals surface area contributed by atoms with E-state index in [2.05, 4.69) is 16.0 Å². The number of unbranched alkanes of at least 4 members (excludes halogenated alkanes) is 2. The molecule has 2 rings (SSSR count). The van der Waals surface area contributed by atoms with Crippen LogP contribution in [0.1, 0.15) is 77.2 Å². The number of amides is 6. The number of Topliss-reactive ketones (excluding diaryl/α,β-unsaturated/α-hetero) is 1. The van der Waals surface area contributed by atoms with Crippen molar-refractivity contribution in [1.29, 1.82) is 0 Å². The fourth-order valence-corrected chi connectivity index (χ4v) is 4.82. The largest absolute Gasteiger partial charge is 0.392 e. The van der Waals surface area contributed by atoms with E-state index in [-0.39, 0.29) is 49.0 Å². The van der Waals surface area contributed by atoms with Crippen molar-refractivity contribution < 1.29 is 33.9 Å². The Kier molecular flexibility index (Phi) is 15.1. The number of hydrogen-bond donors (Lipinski definition) is 5. The zero-order valence-corrected chi connectivity index (χ0v) is 25.1. The Morgan fingerprint density at radius 1 is 0.860 bits per heavy atom. The molecule has 0 aliphatic carbocycles. The molecular weight excluding hydrogens is 554 g/mol. The van der Waals surface area contributed by atoms with Crippen molar-refractivity contribution in [2.75, 3.05) is 18.4 Å². The third-order valence-electron chi connectivity index (χ3n) is 7.36. The topological polar surface area (TPSA) is 188 Å². The summed E-state index contributed by atoms with van der Waals surface area (Å²) in [5.74, 6) is -1.61. The molecule has 0 fully saturated rings. The van der Waals surface area contributed by atoms with E-state index in [1.54, 1.807) is 24.3 Å². The molecule has 0 aromatic heterocycles. The summed E-state index contributed by atoms with van der Waals surface area (Å²) in [6.45, 7) is 4.33. The number of ketones is 1. The number of nitrogens with two attached hydrogens (primary N) is 1. The van der Waals surface area contributed by atoms with Crippen LogP contribution >= 0.6 is 0 Å². The number of benzene rings is 1. The number of urea groups is 1. The van der Waals surface area contributed by atoms with Crippen LogP contribution in [-0.2, 0) is 30.6 Å². The van der Waals surface area contributed by atoms with Gasteiger partial charge in [0.15, 0.2) is 0 Å². The van der Waals surface area contributed by atoms with E-state index in [1.807, 2.05) is 13.8 Å². The summed E-state index contributed by atoms with van der Waals surface area (Å²) in [7, 11) is 0. The van der Waals surface area contributed by atoms with Gasteiger partial charge in [0.1, 0.15) is 11.8 Å². The summed E-state index contributed by atoms with van der Waals surface area (Å²) in [6.07, 6.45) is 7.00. The van der Waals surface area contributed by atoms with Gasteiger partial charge in [-0.05, 0) is 62.1 Å². The van der Waals surface area contributed by atoms with Gasteiger partial charge in [0.05, 0.1) is 6.61 Å². The number of carbonyl (C=O) groups excluding carboxylic acids is 6. The number of aliphatic hydroxyl groups is 1. The van der Waals surface area contributed by atoms with E-state index in [4.69, 9.17) is 5.73 Å². The number of nitrogens with zero attached hydrogens (tertiary/aromatic N) is 1. The van der Waals surface area contributed by atoms with Crippen LogP contribution in [0.2, 0.25) is 0 Å². The second kappa shape index (κ2) is 18.5. The fraction of sp³-hybridized carbons (Fsp3) is 0.548. The molecule has 0 saturated carbocycles. The summed E-state index contributed by atoms with van der Waals surface area (Å²) in [6, 6.07) is 5.18. The van der Waals surface area contributed by atoms with Gasteiger partial charge >= 0.3 is 6.03 Å². The highest BCUT2D eigenvalue weighted by Crippen LogP contribution is 2.20. The molecule has 2 atom stereocenters. The second-order valence-electron chi connectivity index (χ2n) is 11.1. The molecule has 0 radical (unpaired) electrons. The fourth-order valence-electron chi connectivity index (χ4n) is 4.82. The number of imide groups is 1. The molecule has 0 bridgehead atoms. The van der Waals surface area contributed by atoms with Crippen molar-refractivity contribution in [2.45, 2.75) is 84.3 Å². The molecule has 1 heterocycles. The lowest BCUT2D eigenvalue weighted by molar-refractivity contribution is -0.137. The minimum atomic E-state index is -0.857. The third-order valence-corrected chi connectivity index (χ3v) is 7.36. The van der Waals surface area contributed by atoms with Crippen LogP contribution in [0, 0.1) is 11.8 Å². The van der Waals surface area contributed by atoms with Gasteiger partial charge in [-0.3, -0.25) is 28.9 Å². The number of nitrogens with one attached hydrogen (secondary N) is 3. The highest BCUT2D eigenvalue weighted by atomic mass is 16.3. The van der Waals surface area contributed by atoms with Crippen LogP contribution in [0.5, 0.6) is 0 Å². The van der Waals surface area contributed by atoms with Crippen LogP contribution in [-0.4, -0.2) is 64.6 Å². The highest BCUT2D eigenvalue weighted by molar-refractivity contribution is 6.12. The summed E-state index contributed by atoms with van der Waals surface area (Å²) >= 11 is 0. The monoisotopic (exact) mass is 599 g/mol. The molecule has 12 nitrogen and oxygen atoms in total. The van der Waals surface area contributed by atoms with Gasteiger partial charge in [0.2, 0.25) is 11.8 Å². The molecule has 1 aromatic rings. The average molecular weight is 600 g/mol. The predicted octanol–water partition coefficient (Wildman–Crippen LogP) is 2.55. The average Bonchev–Trinajstić information content (AvgIpc) is 3.28. The summed E-state index contributed by atoms with van der Waals surface area (Å²) in [5, 5.41) is 17.4. The first kappa shape index (κ1) is 35.1. The number of aliphatic hydroxyl groups excluding tert-OH is 1. The Bertz CT molecular complexity index is 1130. The molecule has 12 heteroatoms. The number of hydrogen-bond acceptors (Lipinski definition) is 7. The maximum atomic E-state index is 13.3. The van der Waals surface area contributed by atoms with Gasteiger partial charge < -0.3 is 26.8 Å². The number of carbonyl (C=O) groups is 6. The van der Waals surface area contributed by atoms with Gasteiger partial charge in [0.25, 0.3) is 11.8 Å². The van der Waals surface area contributed by atoms with Gasteiger partial charge in [0, 0.05) is 49.7 Å². The van der Waals surface area contributed by atoms with Crippen LogP contribution in [0.25, 0.3) is 0 Å². The molecule has 1 aromatic carbocycles. The summed E-state index contributed by atoms with van der Waals surface area (Å²) in [5.41, 5.74) is 6.34. The second-order valence-corrected chi connectivity index (χ2v) is 11.1. The van der Waals surface area contributed by atoms with Crippen molar-refractivity contribution in [3.05, 3.63) is 42.0 Å². The molecule has 236 valence electrons. The lowest BCUT2D eigenvalue weighted by Gasteiger charge is -2.24. The van der Waals surface area contributed by atoms with Crippen LogP contribution in [0.3, 0.4) is 0 Å². The third kappa shape index (κ3) is 12.8. The molecular formula is C31H45N5O7. The summed E-state index contributed by atoms with van der Waals surface area (Å²) in [4.78, 5) is 74.2. The lowest BCUT2D eigenvalue weighted by atomic mass is 9.88. The minimum absolute atomic E-state index is 0.0214. The highest BCUT2D eigenvalue weighted by Gasteiger charge is 2.28. The van der Waals surface area contributed by atoms with E-state index >= 15 is 0 Å². The molecule has 6 N–H and O–H groups in total. The first-order valence-electron chi connectivity index (χ1n) is 14.9. The Hall–Kier alpha value is -4.06. The molecule has 43 heavy (non-hydrogen) atoms. The minimum Gasteiger partial charge on any atom is -0.392 e. The SMILES string of the molecule is CC(C)[C@H](CCCC(=O)CCCCCN1C(=O)C=CC1=O)C(=O)N[C@@H](CCCNC(N)=O)C(=O)Nc1ccc(CO)cc1. The Labute approximate surface area is 252 Å². The van der Waals surface area contributed by atoms with Gasteiger partial charge in [-0.1, -0.05) is 32.4 Å². The number of rotatable bonds is 20. The summed E-state index contributed by atoms with van der Waals surface area (Å²) < 4.78 is 0. The zero-order chi connectivity index (χ0) is 31.8. The smallest absolute Gasteiger partial charge is 0.312 e. The van der Waals surface area contributed by atoms with Crippen molar-refractivity contribution in [3.8, 4) is 0 Å². The maximum absolute atomic E-state index is 13.3. The molecule has 6 amide bonds. The van der Waals surface area contributed by atoms with Crippen LogP contribution in [0.4, 0.5) is 10.5 Å². The first-order chi connectivity index (χ1) is 20.5. The standard InChI is InChI=1S/C31H45N5O7/c1-21(2)25(10-6-9-24(38)8-4-3-5-19-36-27(39)16-17-28(36)40)29(41)35-26(11-7-18-33-31(32)43)30(42)34-23-14-12-22(20-37)13-15-23/h12-17,21,25-26,37H,3-11,18-20H2,1-2H3,(H,34,42)(H,35,41)(H3,32,33,43)/t25-,26-/m0/s1. The van der Waals surface area contributed by atoms with E-state index < -0.39 is 23.9 Å². The molecule has 0 saturated heterocycles. The van der Waals surface area contributed by atoms with Crippen LogP contribution in [0.15, 0.2) is 36.4 Å². The predicted molar refractivity (Wildman–Crippen MR) is 161 cm³/mol. The van der Waals surface area contributed by atoms with Crippen LogP contribution < -0.4 is 21.7 Å². The maximum Gasteiger partial charge on any atom is 0.312 e. The quantitative estimate of drug-likeness (QED) is 0.112. The zero-order valence-electron chi connectivity index (χ0n) is 25.1. The number of primary amides is 1. The van der Waals surface area contributed by atoms with E-state index in [9.17, 15) is 33.9 Å². The van der Waals surface area contributed by atoms with Crippen molar-refractivity contribution in [3.63, 3.8) is 0 Å². The normalized spacial score (nSPS) is 14.1. The van der Waals surface area contributed by atoms with Gasteiger partial charge in [-0.15, -0.1) is 0 Å². The molecule has 0 unspecified atom stereocenters. The Morgan fingerprint density at radius 3 is 2.12 bits per heavy atom. The molecule has 0 spiro atoms. The Balaban J connectivity index is 1.83. The lowest BCUT2D eigenvalue weighted by Crippen LogP contribution is -2.47. The van der Waals surface area contributed by atoms with Crippen molar-refractivity contribution >= 4 is 41.1 Å². The number of anilines is 1.